The Kier molecular flexibility index (Phi) is 2.53. The fourth-order valence-corrected chi connectivity index (χ4v) is 3.13. The van der Waals surface area contributed by atoms with E-state index in [2.05, 4.69) is 41.8 Å². The molecule has 17 heavy (non-hydrogen) atoms. The summed E-state index contributed by atoms with van der Waals surface area (Å²) in [6.07, 6.45) is 3.44. The largest absolute Gasteiger partial charge is 0.253 e. The van der Waals surface area contributed by atoms with Crippen molar-refractivity contribution in [2.24, 2.45) is 0 Å². The molecule has 2 heterocycles. The minimum Gasteiger partial charge on any atom is -0.253 e. The van der Waals surface area contributed by atoms with Crippen LogP contribution in [0.2, 0.25) is 0 Å². The van der Waals surface area contributed by atoms with E-state index in [-0.39, 0.29) is 0 Å². The van der Waals surface area contributed by atoms with Crippen LogP contribution in [-0.2, 0) is 0 Å². The summed E-state index contributed by atoms with van der Waals surface area (Å²) in [7, 11) is 2.71. The highest BCUT2D eigenvalue weighted by molar-refractivity contribution is 7.29. The predicted octanol–water partition coefficient (Wildman–Crippen LogP) is 2.26. The van der Waals surface area contributed by atoms with Crippen LogP contribution in [0.3, 0.4) is 0 Å². The Bertz CT molecular complexity index is 707. The molecule has 1 unspecified atom stereocenters. The standard InChI is InChI=1S/C11H11N4PS/c1-5(2)6-7-9(13-4-3-12-7)11(16)10-8(6)14-17-15-10/h3-5H,16H2,1-2H3. The molecule has 3 rings (SSSR count). The van der Waals surface area contributed by atoms with Gasteiger partial charge in [-0.15, -0.1) is 9.24 Å². The molecule has 0 saturated heterocycles. The average molecular weight is 262 g/mol. The summed E-state index contributed by atoms with van der Waals surface area (Å²) in [5.41, 5.74) is 4.87. The van der Waals surface area contributed by atoms with E-state index in [1.807, 2.05) is 0 Å². The highest BCUT2D eigenvalue weighted by Gasteiger charge is 2.18. The summed E-state index contributed by atoms with van der Waals surface area (Å²) in [5, 5.41) is 0.987. The molecule has 6 heteroatoms. The van der Waals surface area contributed by atoms with Gasteiger partial charge < -0.3 is 0 Å². The minimum atomic E-state index is 0.353. The van der Waals surface area contributed by atoms with Crippen LogP contribution in [0.1, 0.15) is 25.3 Å². The first kappa shape index (κ1) is 10.9. The van der Waals surface area contributed by atoms with Crippen molar-refractivity contribution in [3.63, 3.8) is 0 Å². The van der Waals surface area contributed by atoms with Gasteiger partial charge in [0.2, 0.25) is 0 Å². The minimum absolute atomic E-state index is 0.353. The third kappa shape index (κ3) is 1.53. The summed E-state index contributed by atoms with van der Waals surface area (Å²) < 4.78 is 8.75. The van der Waals surface area contributed by atoms with Gasteiger partial charge in [-0.25, -0.2) is 0 Å². The lowest BCUT2D eigenvalue weighted by Crippen LogP contribution is -2.05. The van der Waals surface area contributed by atoms with Crippen LogP contribution in [-0.4, -0.2) is 18.7 Å². The van der Waals surface area contributed by atoms with Gasteiger partial charge in [-0.05, 0) is 5.92 Å². The molecule has 0 aliphatic rings. The molecule has 86 valence electrons. The predicted molar refractivity (Wildman–Crippen MR) is 73.9 cm³/mol. The highest BCUT2D eigenvalue weighted by atomic mass is 32.1. The molecule has 1 atom stereocenters. The Morgan fingerprint density at radius 1 is 1.00 bits per heavy atom. The van der Waals surface area contributed by atoms with E-state index in [0.717, 1.165) is 32.9 Å². The number of hydrogen-bond donors (Lipinski definition) is 0. The van der Waals surface area contributed by atoms with Gasteiger partial charge in [0.05, 0.1) is 22.8 Å². The van der Waals surface area contributed by atoms with E-state index >= 15 is 0 Å². The van der Waals surface area contributed by atoms with E-state index in [9.17, 15) is 0 Å². The Labute approximate surface area is 105 Å². The maximum atomic E-state index is 4.45. The summed E-state index contributed by atoms with van der Waals surface area (Å²) in [6, 6.07) is 0. The number of nitrogens with zero attached hydrogens (tertiary/aromatic N) is 4. The number of rotatable bonds is 1. The lowest BCUT2D eigenvalue weighted by molar-refractivity contribution is 0.879. The monoisotopic (exact) mass is 262 g/mol. The van der Waals surface area contributed by atoms with Crippen molar-refractivity contribution in [3.8, 4) is 0 Å². The van der Waals surface area contributed by atoms with Gasteiger partial charge in [-0.1, -0.05) is 13.8 Å². The Morgan fingerprint density at radius 2 is 1.65 bits per heavy atom. The van der Waals surface area contributed by atoms with E-state index in [1.54, 1.807) is 12.4 Å². The van der Waals surface area contributed by atoms with Gasteiger partial charge in [-0.2, -0.15) is 8.75 Å². The summed E-state index contributed by atoms with van der Waals surface area (Å²) >= 11 is 1.24. The first-order valence-electron chi connectivity index (χ1n) is 5.34. The normalized spacial score (nSPS) is 11.8. The lowest BCUT2D eigenvalue weighted by Gasteiger charge is -2.10. The third-order valence-corrected chi connectivity index (χ3v) is 3.86. The van der Waals surface area contributed by atoms with Crippen LogP contribution in [0.4, 0.5) is 0 Å². The molecule has 0 radical (unpaired) electrons. The van der Waals surface area contributed by atoms with Crippen molar-refractivity contribution in [1.82, 2.24) is 18.7 Å². The first-order valence-corrected chi connectivity index (χ1v) is 6.65. The molecule has 4 nitrogen and oxygen atoms in total. The van der Waals surface area contributed by atoms with Crippen molar-refractivity contribution in [3.05, 3.63) is 18.0 Å². The molecule has 0 fully saturated rings. The van der Waals surface area contributed by atoms with Crippen LogP contribution in [0.5, 0.6) is 0 Å². The zero-order chi connectivity index (χ0) is 12.0. The maximum Gasteiger partial charge on any atom is 0.114 e. The maximum absolute atomic E-state index is 4.45. The number of aromatic nitrogens is 4. The van der Waals surface area contributed by atoms with Gasteiger partial charge in [-0.3, -0.25) is 9.97 Å². The van der Waals surface area contributed by atoms with Crippen LogP contribution in [0.15, 0.2) is 12.4 Å². The molecule has 0 saturated carbocycles. The van der Waals surface area contributed by atoms with Crippen molar-refractivity contribution < 1.29 is 0 Å². The molecule has 0 aliphatic heterocycles. The Balaban J connectivity index is 2.62. The second-order valence-corrected chi connectivity index (χ2v) is 5.30. The van der Waals surface area contributed by atoms with E-state index in [4.69, 9.17) is 0 Å². The SMILES string of the molecule is CC(C)c1c2nccnc2c(P)c2nsnc12. The Hall–Kier alpha value is -1.19. The van der Waals surface area contributed by atoms with Crippen molar-refractivity contribution in [2.75, 3.05) is 0 Å². The molecule has 1 aromatic carbocycles. The van der Waals surface area contributed by atoms with E-state index in [1.165, 1.54) is 11.7 Å². The average Bonchev–Trinajstić information content (AvgIpc) is 2.78. The zero-order valence-electron chi connectivity index (χ0n) is 9.51. The second-order valence-electron chi connectivity index (χ2n) is 4.20. The number of hydrogen-bond acceptors (Lipinski definition) is 5. The lowest BCUT2D eigenvalue weighted by atomic mass is 9.99. The van der Waals surface area contributed by atoms with E-state index < -0.39 is 0 Å². The molecule has 0 amide bonds. The zero-order valence-corrected chi connectivity index (χ0v) is 11.5. The van der Waals surface area contributed by atoms with Crippen molar-refractivity contribution >= 4 is 48.3 Å². The number of benzene rings is 1. The van der Waals surface area contributed by atoms with Crippen LogP contribution in [0.25, 0.3) is 22.1 Å². The second kappa shape index (κ2) is 3.93. The molecular formula is C11H11N4PS. The molecule has 0 aliphatic carbocycles. The quantitative estimate of drug-likeness (QED) is 0.631. The Morgan fingerprint density at radius 3 is 2.35 bits per heavy atom. The summed E-state index contributed by atoms with van der Waals surface area (Å²) in [4.78, 5) is 8.86. The first-order chi connectivity index (χ1) is 8.20. The molecular weight excluding hydrogens is 251 g/mol. The summed E-state index contributed by atoms with van der Waals surface area (Å²) in [6.45, 7) is 4.29. The van der Waals surface area contributed by atoms with Gasteiger partial charge in [0.25, 0.3) is 0 Å². The van der Waals surface area contributed by atoms with Crippen molar-refractivity contribution in [2.45, 2.75) is 19.8 Å². The topological polar surface area (TPSA) is 51.6 Å². The molecule has 0 spiro atoms. The fourth-order valence-electron chi connectivity index (χ4n) is 2.05. The summed E-state index contributed by atoms with van der Waals surface area (Å²) in [5.74, 6) is 0.353. The molecule has 3 aromatic rings. The van der Waals surface area contributed by atoms with Gasteiger partial charge in [0.15, 0.2) is 0 Å². The van der Waals surface area contributed by atoms with Crippen LogP contribution < -0.4 is 5.30 Å². The van der Waals surface area contributed by atoms with Gasteiger partial charge in [0.1, 0.15) is 11.0 Å². The third-order valence-electron chi connectivity index (χ3n) is 2.78. The van der Waals surface area contributed by atoms with Crippen LogP contribution >= 0.6 is 21.0 Å². The molecule has 0 N–H and O–H groups in total. The van der Waals surface area contributed by atoms with Gasteiger partial charge in [0, 0.05) is 23.3 Å². The highest BCUT2D eigenvalue weighted by Crippen LogP contribution is 2.30. The number of fused-ring (bicyclic) bond motifs is 2. The fraction of sp³-hybridized carbons (Fsp3) is 0.273. The van der Waals surface area contributed by atoms with Crippen molar-refractivity contribution in [1.29, 1.82) is 0 Å². The molecule has 0 bridgehead atoms. The van der Waals surface area contributed by atoms with Gasteiger partial charge >= 0.3 is 0 Å². The van der Waals surface area contributed by atoms with Crippen LogP contribution in [0, 0.1) is 0 Å². The molecule has 2 aromatic heterocycles. The smallest absolute Gasteiger partial charge is 0.114 e. The van der Waals surface area contributed by atoms with E-state index in [0.29, 0.717) is 5.92 Å².